The highest BCUT2D eigenvalue weighted by molar-refractivity contribution is 7.99. The maximum absolute atomic E-state index is 10.7. The molecule has 0 fully saturated rings. The van der Waals surface area contributed by atoms with Crippen LogP contribution in [-0.4, -0.2) is 23.4 Å². The van der Waals surface area contributed by atoms with Gasteiger partial charge in [0.1, 0.15) is 5.75 Å². The first kappa shape index (κ1) is 20.7. The Labute approximate surface area is 176 Å². The molecular weight excluding hydrogens is 380 g/mol. The standard InChI is InChI=1S/C25H24O3S/c1-18-8-6-7-11-22(18)23(20-9-4-3-5-10-20)14-15-29-24-13-12-21(16-19(24)2)28-17-25(26)27/h3-14,16H,15,17H2,1-2H3,(H,26,27). The van der Waals surface area contributed by atoms with Gasteiger partial charge in [0.05, 0.1) is 0 Å². The van der Waals surface area contributed by atoms with Gasteiger partial charge in [-0.3, -0.25) is 0 Å². The minimum absolute atomic E-state index is 0.328. The minimum Gasteiger partial charge on any atom is -0.482 e. The van der Waals surface area contributed by atoms with Crippen LogP contribution in [0.1, 0.15) is 22.3 Å². The van der Waals surface area contributed by atoms with Crippen LogP contribution in [0.5, 0.6) is 5.75 Å². The van der Waals surface area contributed by atoms with E-state index in [1.165, 1.54) is 22.3 Å². The van der Waals surface area contributed by atoms with Crippen LogP contribution >= 0.6 is 11.8 Å². The molecular formula is C25H24O3S. The molecule has 0 amide bonds. The van der Waals surface area contributed by atoms with E-state index in [0.29, 0.717) is 5.75 Å². The second kappa shape index (κ2) is 9.99. The van der Waals surface area contributed by atoms with Gasteiger partial charge in [0, 0.05) is 10.6 Å². The number of carboxylic acids is 1. The molecule has 0 atom stereocenters. The predicted molar refractivity (Wildman–Crippen MR) is 120 cm³/mol. The molecule has 4 heteroatoms. The predicted octanol–water partition coefficient (Wildman–Crippen LogP) is 5.99. The fourth-order valence-electron chi connectivity index (χ4n) is 3.11. The molecule has 3 aromatic carbocycles. The van der Waals surface area contributed by atoms with Crippen LogP contribution in [0.15, 0.2) is 83.8 Å². The zero-order chi connectivity index (χ0) is 20.6. The second-order valence-corrected chi connectivity index (χ2v) is 7.78. The van der Waals surface area contributed by atoms with Gasteiger partial charge in [-0.1, -0.05) is 60.7 Å². The number of rotatable bonds is 8. The van der Waals surface area contributed by atoms with E-state index in [-0.39, 0.29) is 6.61 Å². The molecule has 0 heterocycles. The lowest BCUT2D eigenvalue weighted by atomic mass is 9.94. The van der Waals surface area contributed by atoms with Crippen molar-refractivity contribution in [2.75, 3.05) is 12.4 Å². The van der Waals surface area contributed by atoms with E-state index in [1.807, 2.05) is 31.2 Å². The normalized spacial score (nSPS) is 11.3. The number of aryl methyl sites for hydroxylation is 2. The van der Waals surface area contributed by atoms with Crippen molar-refractivity contribution in [3.63, 3.8) is 0 Å². The molecule has 3 rings (SSSR count). The molecule has 0 bridgehead atoms. The molecule has 0 aliphatic heterocycles. The van der Waals surface area contributed by atoms with Gasteiger partial charge in [-0.25, -0.2) is 4.79 Å². The summed E-state index contributed by atoms with van der Waals surface area (Å²) in [5.74, 6) is 0.430. The molecule has 3 nitrogen and oxygen atoms in total. The van der Waals surface area contributed by atoms with Gasteiger partial charge in [-0.2, -0.15) is 0 Å². The molecule has 148 valence electrons. The number of benzene rings is 3. The number of hydrogen-bond acceptors (Lipinski definition) is 3. The van der Waals surface area contributed by atoms with Crippen molar-refractivity contribution in [1.29, 1.82) is 0 Å². The highest BCUT2D eigenvalue weighted by Crippen LogP contribution is 2.30. The molecule has 29 heavy (non-hydrogen) atoms. The smallest absolute Gasteiger partial charge is 0.341 e. The van der Waals surface area contributed by atoms with Crippen LogP contribution in [0, 0.1) is 13.8 Å². The van der Waals surface area contributed by atoms with Crippen LogP contribution in [0.25, 0.3) is 5.57 Å². The number of hydrogen-bond donors (Lipinski definition) is 1. The Kier molecular flexibility index (Phi) is 7.14. The van der Waals surface area contributed by atoms with Gasteiger partial charge in [-0.05, 0) is 59.9 Å². The van der Waals surface area contributed by atoms with Crippen LogP contribution in [0.3, 0.4) is 0 Å². The van der Waals surface area contributed by atoms with Crippen LogP contribution in [0.2, 0.25) is 0 Å². The first-order valence-electron chi connectivity index (χ1n) is 9.44. The SMILES string of the molecule is Cc1cc(OCC(=O)O)ccc1SCC=C(c1ccccc1)c1ccccc1C. The lowest BCUT2D eigenvalue weighted by Crippen LogP contribution is -2.09. The van der Waals surface area contributed by atoms with Crippen molar-refractivity contribution in [1.82, 2.24) is 0 Å². The van der Waals surface area contributed by atoms with Crippen molar-refractivity contribution < 1.29 is 14.6 Å². The maximum atomic E-state index is 10.7. The molecule has 0 aromatic heterocycles. The topological polar surface area (TPSA) is 46.5 Å². The number of ether oxygens (including phenoxy) is 1. The third-order valence-corrected chi connectivity index (χ3v) is 5.66. The van der Waals surface area contributed by atoms with E-state index in [4.69, 9.17) is 9.84 Å². The van der Waals surface area contributed by atoms with E-state index in [2.05, 4.69) is 61.5 Å². The quantitative estimate of drug-likeness (QED) is 0.468. The number of carbonyl (C=O) groups is 1. The van der Waals surface area contributed by atoms with Crippen LogP contribution in [-0.2, 0) is 4.79 Å². The highest BCUT2D eigenvalue weighted by Gasteiger charge is 2.08. The molecule has 1 N–H and O–H groups in total. The van der Waals surface area contributed by atoms with Gasteiger partial charge in [-0.15, -0.1) is 11.8 Å². The summed E-state index contributed by atoms with van der Waals surface area (Å²) in [6, 6.07) is 24.6. The summed E-state index contributed by atoms with van der Waals surface area (Å²) in [6.45, 7) is 3.82. The Bertz CT molecular complexity index is 1010. The second-order valence-electron chi connectivity index (χ2n) is 6.72. The zero-order valence-electron chi connectivity index (χ0n) is 16.6. The van der Waals surface area contributed by atoms with E-state index >= 15 is 0 Å². The molecule has 0 unspecified atom stereocenters. The Morgan fingerprint density at radius 3 is 2.38 bits per heavy atom. The largest absolute Gasteiger partial charge is 0.482 e. The lowest BCUT2D eigenvalue weighted by molar-refractivity contribution is -0.139. The van der Waals surface area contributed by atoms with E-state index < -0.39 is 5.97 Å². The van der Waals surface area contributed by atoms with Gasteiger partial charge in [0.15, 0.2) is 6.61 Å². The molecule has 0 aliphatic rings. The van der Waals surface area contributed by atoms with Gasteiger partial charge >= 0.3 is 5.97 Å². The zero-order valence-corrected chi connectivity index (χ0v) is 17.4. The Balaban J connectivity index is 1.78. The van der Waals surface area contributed by atoms with Crippen molar-refractivity contribution in [2.24, 2.45) is 0 Å². The molecule has 0 aliphatic carbocycles. The van der Waals surface area contributed by atoms with Crippen LogP contribution < -0.4 is 4.74 Å². The van der Waals surface area contributed by atoms with Crippen molar-refractivity contribution >= 4 is 23.3 Å². The summed E-state index contributed by atoms with van der Waals surface area (Å²) >= 11 is 1.76. The van der Waals surface area contributed by atoms with Crippen molar-refractivity contribution in [3.05, 3.63) is 101 Å². The average Bonchev–Trinajstić information content (AvgIpc) is 2.72. The molecule has 0 saturated carbocycles. The van der Waals surface area contributed by atoms with Crippen molar-refractivity contribution in [3.8, 4) is 5.75 Å². The van der Waals surface area contributed by atoms with Crippen molar-refractivity contribution in [2.45, 2.75) is 18.7 Å². The summed E-state index contributed by atoms with van der Waals surface area (Å²) < 4.78 is 5.25. The number of thioether (sulfide) groups is 1. The fourth-order valence-corrected chi connectivity index (χ4v) is 3.99. The first-order valence-corrected chi connectivity index (χ1v) is 10.4. The maximum Gasteiger partial charge on any atom is 0.341 e. The van der Waals surface area contributed by atoms with E-state index in [9.17, 15) is 4.79 Å². The Hall–Kier alpha value is -2.98. The number of aliphatic carboxylic acids is 1. The Morgan fingerprint density at radius 1 is 0.966 bits per heavy atom. The van der Waals surface area contributed by atoms with Gasteiger partial charge in [0.25, 0.3) is 0 Å². The summed E-state index contributed by atoms with van der Waals surface area (Å²) in [6.07, 6.45) is 2.27. The highest BCUT2D eigenvalue weighted by atomic mass is 32.2. The molecule has 0 saturated heterocycles. The van der Waals surface area contributed by atoms with E-state index in [1.54, 1.807) is 11.8 Å². The lowest BCUT2D eigenvalue weighted by Gasteiger charge is -2.12. The van der Waals surface area contributed by atoms with E-state index in [0.717, 1.165) is 16.2 Å². The van der Waals surface area contributed by atoms with Gasteiger partial charge < -0.3 is 9.84 Å². The molecule has 0 spiro atoms. The van der Waals surface area contributed by atoms with Crippen LogP contribution in [0.4, 0.5) is 0 Å². The van der Waals surface area contributed by atoms with Gasteiger partial charge in [0.2, 0.25) is 0 Å². The summed E-state index contributed by atoms with van der Waals surface area (Å²) in [5.41, 5.74) is 6.01. The summed E-state index contributed by atoms with van der Waals surface area (Å²) in [7, 11) is 0. The average molecular weight is 405 g/mol. The summed E-state index contributed by atoms with van der Waals surface area (Å²) in [5, 5.41) is 8.74. The third-order valence-electron chi connectivity index (χ3n) is 4.56. The summed E-state index contributed by atoms with van der Waals surface area (Å²) in [4.78, 5) is 11.8. The Morgan fingerprint density at radius 2 is 1.69 bits per heavy atom. The first-order chi connectivity index (χ1) is 14.0. The minimum atomic E-state index is -0.976. The fraction of sp³-hybridized carbons (Fsp3) is 0.160. The monoisotopic (exact) mass is 404 g/mol. The molecule has 3 aromatic rings. The number of carboxylic acid groups (broad SMARTS) is 1. The third kappa shape index (κ3) is 5.75. The molecule has 0 radical (unpaired) electrons.